The average molecular weight is 245 g/mol. The lowest BCUT2D eigenvalue weighted by Crippen LogP contribution is -2.30. The van der Waals surface area contributed by atoms with Gasteiger partial charge in [-0.3, -0.25) is 20.9 Å². The Labute approximate surface area is 107 Å². The molecule has 0 fully saturated rings. The third kappa shape index (κ3) is 2.75. The Hall–Kier alpha value is -1.72. The van der Waals surface area contributed by atoms with Crippen LogP contribution in [0.1, 0.15) is 29.7 Å². The minimum Gasteiger partial charge on any atom is -0.273 e. The summed E-state index contributed by atoms with van der Waals surface area (Å²) >= 11 is 0. The summed E-state index contributed by atoms with van der Waals surface area (Å²) < 4.78 is 1.92. The molecule has 2 rings (SSSR count). The highest BCUT2D eigenvalue weighted by Crippen LogP contribution is 2.19. The number of hydrazine groups is 1. The van der Waals surface area contributed by atoms with Crippen molar-refractivity contribution >= 4 is 0 Å². The van der Waals surface area contributed by atoms with Crippen LogP contribution < -0.4 is 11.3 Å². The predicted octanol–water partition coefficient (Wildman–Crippen LogP) is 1.35. The van der Waals surface area contributed by atoms with Crippen LogP contribution in [0.4, 0.5) is 0 Å². The van der Waals surface area contributed by atoms with Gasteiger partial charge in [-0.05, 0) is 43.0 Å². The molecule has 0 saturated carbocycles. The maximum Gasteiger partial charge on any atom is 0.0522 e. The molecule has 0 aliphatic rings. The predicted molar refractivity (Wildman–Crippen MR) is 70.6 cm³/mol. The maximum atomic E-state index is 5.66. The Balaban J connectivity index is 2.17. The highest BCUT2D eigenvalue weighted by atomic mass is 15.3. The van der Waals surface area contributed by atoms with Crippen LogP contribution in [0.5, 0.6) is 0 Å². The Morgan fingerprint density at radius 2 is 2.28 bits per heavy atom. The number of aryl methyl sites for hydroxylation is 2. The van der Waals surface area contributed by atoms with Crippen molar-refractivity contribution in [3.63, 3.8) is 0 Å². The normalized spacial score (nSPS) is 12.6. The molecule has 1 unspecified atom stereocenters. The van der Waals surface area contributed by atoms with Crippen molar-refractivity contribution in [2.45, 2.75) is 32.9 Å². The van der Waals surface area contributed by atoms with Crippen LogP contribution >= 0.6 is 0 Å². The fourth-order valence-electron chi connectivity index (χ4n) is 2.05. The van der Waals surface area contributed by atoms with Crippen LogP contribution in [0, 0.1) is 6.92 Å². The van der Waals surface area contributed by atoms with Gasteiger partial charge >= 0.3 is 0 Å². The van der Waals surface area contributed by atoms with E-state index < -0.39 is 0 Å². The average Bonchev–Trinajstić information content (AvgIpc) is 2.85. The van der Waals surface area contributed by atoms with Gasteiger partial charge in [-0.1, -0.05) is 0 Å². The fourth-order valence-corrected chi connectivity index (χ4v) is 2.05. The number of pyridine rings is 1. The van der Waals surface area contributed by atoms with Gasteiger partial charge in [0.2, 0.25) is 0 Å². The number of hydrogen-bond acceptors (Lipinski definition) is 4. The zero-order valence-electron chi connectivity index (χ0n) is 10.8. The summed E-state index contributed by atoms with van der Waals surface area (Å²) in [7, 11) is 0. The summed E-state index contributed by atoms with van der Waals surface area (Å²) in [4.78, 5) is 4.10. The zero-order valence-corrected chi connectivity index (χ0v) is 10.8. The fraction of sp³-hybridized carbons (Fsp3) is 0.385. The van der Waals surface area contributed by atoms with Gasteiger partial charge in [0.1, 0.15) is 0 Å². The first-order valence-corrected chi connectivity index (χ1v) is 6.12. The van der Waals surface area contributed by atoms with E-state index >= 15 is 0 Å². The molecule has 0 spiro atoms. The van der Waals surface area contributed by atoms with E-state index in [1.54, 1.807) is 6.20 Å². The largest absolute Gasteiger partial charge is 0.273 e. The summed E-state index contributed by atoms with van der Waals surface area (Å²) in [6.45, 7) is 5.00. The van der Waals surface area contributed by atoms with Gasteiger partial charge in [0, 0.05) is 25.1 Å². The van der Waals surface area contributed by atoms with Gasteiger partial charge in [-0.2, -0.15) is 5.10 Å². The Bertz CT molecular complexity index is 506. The van der Waals surface area contributed by atoms with Crippen LogP contribution in [0.15, 0.2) is 30.9 Å². The van der Waals surface area contributed by atoms with Gasteiger partial charge in [-0.15, -0.1) is 0 Å². The third-order valence-corrected chi connectivity index (χ3v) is 3.09. The topological polar surface area (TPSA) is 68.8 Å². The molecule has 3 N–H and O–H groups in total. The van der Waals surface area contributed by atoms with Crippen molar-refractivity contribution in [3.8, 4) is 0 Å². The molecule has 0 aliphatic carbocycles. The quantitative estimate of drug-likeness (QED) is 0.616. The van der Waals surface area contributed by atoms with Crippen molar-refractivity contribution in [1.29, 1.82) is 0 Å². The third-order valence-electron chi connectivity index (χ3n) is 3.09. The molecule has 18 heavy (non-hydrogen) atoms. The van der Waals surface area contributed by atoms with Crippen LogP contribution in [0.25, 0.3) is 0 Å². The van der Waals surface area contributed by atoms with Gasteiger partial charge in [0.25, 0.3) is 0 Å². The summed E-state index contributed by atoms with van der Waals surface area (Å²) in [6.07, 6.45) is 8.42. The van der Waals surface area contributed by atoms with Crippen LogP contribution in [-0.2, 0) is 13.0 Å². The molecule has 0 radical (unpaired) electrons. The number of aromatic nitrogens is 3. The molecule has 2 aromatic rings. The van der Waals surface area contributed by atoms with Crippen LogP contribution in [-0.4, -0.2) is 14.8 Å². The molecule has 5 heteroatoms. The van der Waals surface area contributed by atoms with E-state index in [1.165, 1.54) is 11.1 Å². The van der Waals surface area contributed by atoms with E-state index in [-0.39, 0.29) is 6.04 Å². The van der Waals surface area contributed by atoms with E-state index in [0.717, 1.165) is 18.5 Å². The van der Waals surface area contributed by atoms with Crippen LogP contribution in [0.2, 0.25) is 0 Å². The van der Waals surface area contributed by atoms with Gasteiger partial charge in [0.15, 0.2) is 0 Å². The molecule has 0 saturated heterocycles. The first-order valence-electron chi connectivity index (χ1n) is 6.12. The molecule has 0 bridgehead atoms. The van der Waals surface area contributed by atoms with Crippen molar-refractivity contribution in [1.82, 2.24) is 20.2 Å². The number of nitrogens with two attached hydrogens (primary N) is 1. The van der Waals surface area contributed by atoms with Gasteiger partial charge < -0.3 is 0 Å². The van der Waals surface area contributed by atoms with E-state index in [0.29, 0.717) is 0 Å². The van der Waals surface area contributed by atoms with Crippen molar-refractivity contribution < 1.29 is 0 Å². The highest BCUT2D eigenvalue weighted by molar-refractivity contribution is 5.27. The lowest BCUT2D eigenvalue weighted by Gasteiger charge is -2.17. The molecular formula is C13H19N5. The molecule has 0 aliphatic heterocycles. The van der Waals surface area contributed by atoms with Crippen molar-refractivity contribution in [2.75, 3.05) is 0 Å². The summed E-state index contributed by atoms with van der Waals surface area (Å²) in [5, 5.41) is 4.27. The van der Waals surface area contributed by atoms with Crippen LogP contribution in [0.3, 0.4) is 0 Å². The van der Waals surface area contributed by atoms with E-state index in [9.17, 15) is 0 Å². The first kappa shape index (κ1) is 12.7. The monoisotopic (exact) mass is 245 g/mol. The molecule has 1 atom stereocenters. The molecule has 2 heterocycles. The first-order chi connectivity index (χ1) is 8.74. The molecule has 96 valence electrons. The smallest absolute Gasteiger partial charge is 0.0522 e. The number of nitrogens with zero attached hydrogens (tertiary/aromatic N) is 3. The van der Waals surface area contributed by atoms with E-state index in [1.807, 2.05) is 30.1 Å². The number of rotatable bonds is 5. The number of hydrogen-bond donors (Lipinski definition) is 2. The van der Waals surface area contributed by atoms with Crippen molar-refractivity contribution in [3.05, 3.63) is 47.5 Å². The molecule has 0 amide bonds. The zero-order chi connectivity index (χ0) is 13.0. The Morgan fingerprint density at radius 3 is 2.89 bits per heavy atom. The van der Waals surface area contributed by atoms with Crippen molar-refractivity contribution in [2.24, 2.45) is 5.84 Å². The summed E-state index contributed by atoms with van der Waals surface area (Å²) in [5.74, 6) is 5.66. The number of nitrogens with one attached hydrogen (secondary N) is 1. The maximum absolute atomic E-state index is 5.66. The van der Waals surface area contributed by atoms with Gasteiger partial charge in [-0.25, -0.2) is 0 Å². The molecular weight excluding hydrogens is 226 g/mol. The minimum absolute atomic E-state index is 0.0857. The SMILES string of the molecule is CCn1cc(CC(NN)c2ccncc2C)cn1. The lowest BCUT2D eigenvalue weighted by atomic mass is 9.99. The summed E-state index contributed by atoms with van der Waals surface area (Å²) in [5.41, 5.74) is 6.37. The van der Waals surface area contributed by atoms with E-state index in [2.05, 4.69) is 28.6 Å². The summed E-state index contributed by atoms with van der Waals surface area (Å²) in [6, 6.07) is 2.09. The second-order valence-electron chi connectivity index (χ2n) is 4.36. The minimum atomic E-state index is 0.0857. The molecule has 0 aromatic carbocycles. The standard InChI is InChI=1S/C13H19N5/c1-3-18-9-11(8-16-18)6-13(17-14)12-4-5-15-7-10(12)2/h4-5,7-9,13,17H,3,6,14H2,1-2H3. The second-order valence-corrected chi connectivity index (χ2v) is 4.36. The second kappa shape index (κ2) is 5.75. The van der Waals surface area contributed by atoms with E-state index in [4.69, 9.17) is 5.84 Å². The Kier molecular flexibility index (Phi) is 4.07. The molecule has 2 aromatic heterocycles. The lowest BCUT2D eigenvalue weighted by molar-refractivity contribution is 0.548. The Morgan fingerprint density at radius 1 is 1.44 bits per heavy atom. The van der Waals surface area contributed by atoms with Gasteiger partial charge in [0.05, 0.1) is 12.2 Å². The highest BCUT2D eigenvalue weighted by Gasteiger charge is 2.13. The molecule has 5 nitrogen and oxygen atoms in total.